The second-order valence-electron chi connectivity index (χ2n) is 3.72. The monoisotopic (exact) mass is 310 g/mol. The minimum absolute atomic E-state index is 0.201. The number of nitrogens with one attached hydrogen (secondary N) is 1. The lowest BCUT2D eigenvalue weighted by atomic mass is 10.2. The second kappa shape index (κ2) is 4.81. The molecule has 1 heterocycles. The topological polar surface area (TPSA) is 75.1 Å². The third kappa shape index (κ3) is 1.99. The Labute approximate surface area is 111 Å². The van der Waals surface area contributed by atoms with Crippen molar-refractivity contribution in [3.63, 3.8) is 0 Å². The summed E-state index contributed by atoms with van der Waals surface area (Å²) < 4.78 is 1.96. The number of rotatable bonds is 3. The molecule has 0 bridgehead atoms. The summed E-state index contributed by atoms with van der Waals surface area (Å²) in [6, 6.07) is 7.11. The minimum atomic E-state index is -1.21. The van der Waals surface area contributed by atoms with E-state index in [-0.39, 0.29) is 5.56 Å². The smallest absolute Gasteiger partial charge is 0.343 e. The van der Waals surface area contributed by atoms with Crippen LogP contribution in [0, 0.1) is 0 Å². The molecule has 18 heavy (non-hydrogen) atoms. The first-order chi connectivity index (χ1) is 8.56. The fourth-order valence-electron chi connectivity index (χ4n) is 1.76. The summed E-state index contributed by atoms with van der Waals surface area (Å²) in [5.41, 5.74) is 0.257. The highest BCUT2D eigenvalue weighted by Gasteiger charge is 2.20. The van der Waals surface area contributed by atoms with E-state index in [2.05, 4.69) is 21.0 Å². The lowest BCUT2D eigenvalue weighted by Crippen LogP contribution is -2.20. The second-order valence-corrected chi connectivity index (χ2v) is 4.57. The normalized spacial score (nSPS) is 10.6. The van der Waals surface area contributed by atoms with E-state index >= 15 is 0 Å². The quantitative estimate of drug-likeness (QED) is 0.912. The highest BCUT2D eigenvalue weighted by Crippen LogP contribution is 2.19. The summed E-state index contributed by atoms with van der Waals surface area (Å²) in [5.74, 6) is -1.21. The van der Waals surface area contributed by atoms with Crippen molar-refractivity contribution in [2.75, 3.05) is 0 Å². The Bertz CT molecular complexity index is 658. The van der Waals surface area contributed by atoms with Crippen molar-refractivity contribution in [3.05, 3.63) is 50.3 Å². The van der Waals surface area contributed by atoms with Gasteiger partial charge in [0.2, 0.25) is 0 Å². The average molecular weight is 311 g/mol. The summed E-state index contributed by atoms with van der Waals surface area (Å²) in [6.07, 6.45) is 0.453. The molecule has 0 atom stereocenters. The molecule has 94 valence electrons. The number of H-pyrrole nitrogens is 1. The van der Waals surface area contributed by atoms with Gasteiger partial charge in [0.1, 0.15) is 5.56 Å². The summed E-state index contributed by atoms with van der Waals surface area (Å²) in [4.78, 5) is 23.2. The Kier molecular flexibility index (Phi) is 3.38. The zero-order chi connectivity index (χ0) is 13.3. The van der Waals surface area contributed by atoms with Crippen LogP contribution in [-0.2, 0) is 6.42 Å². The SMILES string of the molecule is CCc1[nH]n(-c2ccccc2Br)c(=O)c1C(=O)O. The largest absolute Gasteiger partial charge is 0.477 e. The van der Waals surface area contributed by atoms with Crippen molar-refractivity contribution in [2.24, 2.45) is 0 Å². The van der Waals surface area contributed by atoms with Gasteiger partial charge in [0.25, 0.3) is 5.56 Å². The number of carboxylic acids is 1. The molecule has 0 amide bonds. The number of hydrogen-bond donors (Lipinski definition) is 2. The van der Waals surface area contributed by atoms with Gasteiger partial charge in [-0.1, -0.05) is 19.1 Å². The summed E-state index contributed by atoms with van der Waals surface area (Å²) in [5, 5.41) is 11.9. The number of carboxylic acid groups (broad SMARTS) is 1. The van der Waals surface area contributed by atoms with Gasteiger partial charge in [0.05, 0.1) is 11.4 Å². The zero-order valence-corrected chi connectivity index (χ0v) is 11.2. The number of halogens is 1. The van der Waals surface area contributed by atoms with Crippen LogP contribution < -0.4 is 5.56 Å². The highest BCUT2D eigenvalue weighted by molar-refractivity contribution is 9.10. The predicted molar refractivity (Wildman–Crippen MR) is 70.4 cm³/mol. The molecule has 1 aromatic carbocycles. The first kappa shape index (κ1) is 12.6. The van der Waals surface area contributed by atoms with E-state index in [1.165, 1.54) is 4.68 Å². The van der Waals surface area contributed by atoms with Crippen LogP contribution in [0.5, 0.6) is 0 Å². The lowest BCUT2D eigenvalue weighted by molar-refractivity contribution is 0.0694. The number of carbonyl (C=O) groups is 1. The molecule has 6 heteroatoms. The lowest BCUT2D eigenvalue weighted by Gasteiger charge is -2.03. The molecule has 0 saturated heterocycles. The molecule has 0 radical (unpaired) electrons. The Balaban J connectivity index is 2.71. The summed E-state index contributed by atoms with van der Waals surface area (Å²) >= 11 is 3.33. The number of hydrogen-bond acceptors (Lipinski definition) is 2. The van der Waals surface area contributed by atoms with E-state index in [0.29, 0.717) is 22.3 Å². The molecule has 0 aliphatic rings. The van der Waals surface area contributed by atoms with Gasteiger partial charge in [0, 0.05) is 4.47 Å². The van der Waals surface area contributed by atoms with Crippen LogP contribution in [0.2, 0.25) is 0 Å². The van der Waals surface area contributed by atoms with E-state index in [1.54, 1.807) is 25.1 Å². The molecule has 0 unspecified atom stereocenters. The Morgan fingerprint density at radius 3 is 2.61 bits per heavy atom. The van der Waals surface area contributed by atoms with Crippen LogP contribution in [0.15, 0.2) is 33.5 Å². The molecular formula is C12H11BrN2O3. The first-order valence-electron chi connectivity index (χ1n) is 5.38. The van der Waals surface area contributed by atoms with Gasteiger partial charge in [-0.15, -0.1) is 0 Å². The molecule has 0 spiro atoms. The first-order valence-corrected chi connectivity index (χ1v) is 6.17. The summed E-state index contributed by atoms with van der Waals surface area (Å²) in [7, 11) is 0. The van der Waals surface area contributed by atoms with E-state index < -0.39 is 11.5 Å². The predicted octanol–water partition coefficient (Wildman–Crippen LogP) is 2.19. The maximum atomic E-state index is 12.1. The Morgan fingerprint density at radius 2 is 2.11 bits per heavy atom. The van der Waals surface area contributed by atoms with Crippen LogP contribution in [0.25, 0.3) is 5.69 Å². The third-order valence-corrected chi connectivity index (χ3v) is 3.30. The van der Waals surface area contributed by atoms with Gasteiger partial charge in [-0.05, 0) is 34.5 Å². The van der Waals surface area contributed by atoms with Crippen LogP contribution in [0.1, 0.15) is 23.0 Å². The molecule has 0 saturated carbocycles. The maximum Gasteiger partial charge on any atom is 0.343 e. The van der Waals surface area contributed by atoms with Crippen LogP contribution >= 0.6 is 15.9 Å². The van der Waals surface area contributed by atoms with Crippen LogP contribution in [0.4, 0.5) is 0 Å². The van der Waals surface area contributed by atoms with Crippen molar-refractivity contribution in [1.29, 1.82) is 0 Å². The molecule has 0 fully saturated rings. The zero-order valence-electron chi connectivity index (χ0n) is 9.61. The maximum absolute atomic E-state index is 12.1. The van der Waals surface area contributed by atoms with Crippen molar-refractivity contribution < 1.29 is 9.90 Å². The fourth-order valence-corrected chi connectivity index (χ4v) is 2.22. The van der Waals surface area contributed by atoms with Gasteiger partial charge in [-0.3, -0.25) is 9.89 Å². The van der Waals surface area contributed by atoms with Crippen LogP contribution in [-0.4, -0.2) is 20.9 Å². The number of aryl methyl sites for hydroxylation is 1. The molecular weight excluding hydrogens is 300 g/mol. The Morgan fingerprint density at radius 1 is 1.44 bits per heavy atom. The summed E-state index contributed by atoms with van der Waals surface area (Å²) in [6.45, 7) is 1.79. The van der Waals surface area contributed by atoms with E-state index in [4.69, 9.17) is 5.11 Å². The van der Waals surface area contributed by atoms with E-state index in [1.807, 2.05) is 6.07 Å². The van der Waals surface area contributed by atoms with Crippen LogP contribution in [0.3, 0.4) is 0 Å². The van der Waals surface area contributed by atoms with E-state index in [0.717, 1.165) is 0 Å². The number of nitrogens with zero attached hydrogens (tertiary/aromatic N) is 1. The van der Waals surface area contributed by atoms with Gasteiger partial charge in [-0.2, -0.15) is 0 Å². The molecule has 2 aromatic rings. The number of aromatic carboxylic acids is 1. The molecule has 5 nitrogen and oxygen atoms in total. The van der Waals surface area contributed by atoms with Crippen molar-refractivity contribution >= 4 is 21.9 Å². The molecule has 0 aliphatic heterocycles. The number of aromatic nitrogens is 2. The number of para-hydroxylation sites is 1. The third-order valence-electron chi connectivity index (χ3n) is 2.63. The van der Waals surface area contributed by atoms with E-state index in [9.17, 15) is 9.59 Å². The molecule has 2 rings (SSSR count). The van der Waals surface area contributed by atoms with Gasteiger partial charge in [-0.25, -0.2) is 9.48 Å². The minimum Gasteiger partial charge on any atom is -0.477 e. The van der Waals surface area contributed by atoms with Gasteiger partial charge >= 0.3 is 5.97 Å². The highest BCUT2D eigenvalue weighted by atomic mass is 79.9. The molecule has 1 aromatic heterocycles. The van der Waals surface area contributed by atoms with Gasteiger partial charge in [0.15, 0.2) is 0 Å². The number of aromatic amines is 1. The number of benzene rings is 1. The van der Waals surface area contributed by atoms with Crippen molar-refractivity contribution in [1.82, 2.24) is 9.78 Å². The average Bonchev–Trinajstić information content (AvgIpc) is 2.67. The van der Waals surface area contributed by atoms with Crippen molar-refractivity contribution in [2.45, 2.75) is 13.3 Å². The molecule has 2 N–H and O–H groups in total. The van der Waals surface area contributed by atoms with Crippen molar-refractivity contribution in [3.8, 4) is 5.69 Å². The standard InChI is InChI=1S/C12H11BrN2O3/c1-2-8-10(12(17)18)11(16)15(14-8)9-6-4-3-5-7(9)13/h3-6,14H,2H2,1H3,(H,17,18). The fraction of sp³-hybridized carbons (Fsp3) is 0.167. The molecule has 0 aliphatic carbocycles. The van der Waals surface area contributed by atoms with Gasteiger partial charge < -0.3 is 5.11 Å². The Hall–Kier alpha value is -1.82.